The zero-order chi connectivity index (χ0) is 20.6. The van der Waals surface area contributed by atoms with Gasteiger partial charge in [-0.05, 0) is 67.1 Å². The number of benzene rings is 1. The lowest BCUT2D eigenvalue weighted by molar-refractivity contribution is -0.142. The lowest BCUT2D eigenvalue weighted by Gasteiger charge is -2.33. The second-order valence-corrected chi connectivity index (χ2v) is 10.4. The fraction of sp³-hybridized carbons (Fsp3) is 0.654. The number of halogens is 1. The Bertz CT molecular complexity index is 637. The van der Waals surface area contributed by atoms with Crippen molar-refractivity contribution in [2.45, 2.75) is 77.0 Å². The maximum Gasteiger partial charge on any atom is 0.310 e. The number of carbonyl (C=O) groups is 1. The SMILES string of the molecule is C=CC(C(=O)O)C1CCC(CC[C@H]2CC[C@H](CCc3ccc(Br)cc3)CC2)CC1. The van der Waals surface area contributed by atoms with Crippen molar-refractivity contribution < 1.29 is 9.90 Å². The molecule has 1 aromatic carbocycles. The van der Waals surface area contributed by atoms with Crippen molar-refractivity contribution in [3.8, 4) is 0 Å². The average Bonchev–Trinajstić information content (AvgIpc) is 2.74. The van der Waals surface area contributed by atoms with Crippen LogP contribution in [0.4, 0.5) is 0 Å². The molecule has 1 N–H and O–H groups in total. The summed E-state index contributed by atoms with van der Waals surface area (Å²) < 4.78 is 1.16. The number of hydrogen-bond acceptors (Lipinski definition) is 1. The molecular formula is C26H37BrO2. The predicted octanol–water partition coefficient (Wildman–Crippen LogP) is 7.66. The minimum atomic E-state index is -0.694. The second kappa shape index (κ2) is 11.3. The fourth-order valence-electron chi connectivity index (χ4n) is 5.63. The molecule has 0 bridgehead atoms. The van der Waals surface area contributed by atoms with Crippen molar-refractivity contribution >= 4 is 21.9 Å². The van der Waals surface area contributed by atoms with E-state index in [1.54, 1.807) is 6.08 Å². The summed E-state index contributed by atoms with van der Waals surface area (Å²) in [5.74, 6) is 1.93. The zero-order valence-corrected chi connectivity index (χ0v) is 19.3. The molecule has 0 aromatic heterocycles. The van der Waals surface area contributed by atoms with Crippen molar-refractivity contribution in [2.24, 2.45) is 29.6 Å². The van der Waals surface area contributed by atoms with Crippen molar-refractivity contribution in [3.63, 3.8) is 0 Å². The van der Waals surface area contributed by atoms with Gasteiger partial charge in [-0.3, -0.25) is 4.79 Å². The van der Waals surface area contributed by atoms with Crippen LogP contribution in [0.25, 0.3) is 0 Å². The smallest absolute Gasteiger partial charge is 0.310 e. The highest BCUT2D eigenvalue weighted by atomic mass is 79.9. The van der Waals surface area contributed by atoms with Gasteiger partial charge in [-0.2, -0.15) is 0 Å². The van der Waals surface area contributed by atoms with Crippen LogP contribution in [-0.4, -0.2) is 11.1 Å². The summed E-state index contributed by atoms with van der Waals surface area (Å²) in [5, 5.41) is 9.33. The van der Waals surface area contributed by atoms with Crippen LogP contribution >= 0.6 is 15.9 Å². The largest absolute Gasteiger partial charge is 0.481 e. The fourth-order valence-corrected chi connectivity index (χ4v) is 5.90. The maximum atomic E-state index is 11.3. The molecule has 29 heavy (non-hydrogen) atoms. The van der Waals surface area contributed by atoms with E-state index >= 15 is 0 Å². The Morgan fingerprint density at radius 1 is 0.931 bits per heavy atom. The van der Waals surface area contributed by atoms with Crippen LogP contribution < -0.4 is 0 Å². The van der Waals surface area contributed by atoms with E-state index in [0.717, 1.165) is 35.1 Å². The molecule has 1 atom stereocenters. The molecule has 2 fully saturated rings. The summed E-state index contributed by atoms with van der Waals surface area (Å²) in [4.78, 5) is 11.3. The highest BCUT2D eigenvalue weighted by Crippen LogP contribution is 2.39. The van der Waals surface area contributed by atoms with Crippen LogP contribution in [-0.2, 0) is 11.2 Å². The van der Waals surface area contributed by atoms with Crippen molar-refractivity contribution in [1.29, 1.82) is 0 Å². The van der Waals surface area contributed by atoms with Gasteiger partial charge in [-0.25, -0.2) is 0 Å². The summed E-state index contributed by atoms with van der Waals surface area (Å²) >= 11 is 3.51. The average molecular weight is 461 g/mol. The van der Waals surface area contributed by atoms with E-state index in [2.05, 4.69) is 46.8 Å². The first-order chi connectivity index (χ1) is 14.0. The number of aliphatic carboxylic acids is 1. The Morgan fingerprint density at radius 2 is 1.41 bits per heavy atom. The molecule has 0 spiro atoms. The van der Waals surface area contributed by atoms with E-state index in [0.29, 0.717) is 5.92 Å². The quantitative estimate of drug-likeness (QED) is 0.383. The van der Waals surface area contributed by atoms with Gasteiger partial charge in [0.1, 0.15) is 0 Å². The monoisotopic (exact) mass is 460 g/mol. The highest BCUT2D eigenvalue weighted by Gasteiger charge is 2.30. The minimum absolute atomic E-state index is 0.308. The summed E-state index contributed by atoms with van der Waals surface area (Å²) in [6.45, 7) is 3.73. The van der Waals surface area contributed by atoms with E-state index < -0.39 is 5.97 Å². The molecule has 0 heterocycles. The van der Waals surface area contributed by atoms with Gasteiger partial charge < -0.3 is 5.11 Å². The number of hydrogen-bond donors (Lipinski definition) is 1. The van der Waals surface area contributed by atoms with Gasteiger partial charge in [0, 0.05) is 4.47 Å². The molecular weight excluding hydrogens is 424 g/mol. The summed E-state index contributed by atoms with van der Waals surface area (Å²) in [7, 11) is 0. The molecule has 1 aromatic rings. The normalized spacial score (nSPS) is 28.6. The lowest BCUT2D eigenvalue weighted by atomic mass is 9.72. The molecule has 3 heteroatoms. The lowest BCUT2D eigenvalue weighted by Crippen LogP contribution is -2.26. The van der Waals surface area contributed by atoms with Crippen molar-refractivity contribution in [2.75, 3.05) is 0 Å². The summed E-state index contributed by atoms with van der Waals surface area (Å²) in [6.07, 6.45) is 17.1. The Morgan fingerprint density at radius 3 is 1.90 bits per heavy atom. The van der Waals surface area contributed by atoms with E-state index in [1.807, 2.05) is 0 Å². The third kappa shape index (κ3) is 6.98. The molecule has 0 saturated heterocycles. The maximum absolute atomic E-state index is 11.3. The number of carboxylic acids is 1. The molecule has 2 aliphatic rings. The van der Waals surface area contributed by atoms with Crippen molar-refractivity contribution in [3.05, 3.63) is 47.0 Å². The summed E-state index contributed by atoms with van der Waals surface area (Å²) in [6, 6.07) is 8.80. The molecule has 160 valence electrons. The number of carboxylic acid groups (broad SMARTS) is 1. The van der Waals surface area contributed by atoms with E-state index in [-0.39, 0.29) is 5.92 Å². The molecule has 2 saturated carbocycles. The van der Waals surface area contributed by atoms with Crippen LogP contribution in [0, 0.1) is 29.6 Å². The van der Waals surface area contributed by atoms with Crippen molar-refractivity contribution in [1.82, 2.24) is 0 Å². The number of rotatable bonds is 9. The van der Waals surface area contributed by atoms with Gasteiger partial charge >= 0.3 is 5.97 Å². The van der Waals surface area contributed by atoms with Gasteiger partial charge in [0.2, 0.25) is 0 Å². The Balaban J connectivity index is 1.30. The van der Waals surface area contributed by atoms with E-state index in [1.165, 1.54) is 69.8 Å². The third-order valence-electron chi connectivity index (χ3n) is 7.64. The van der Waals surface area contributed by atoms with Gasteiger partial charge in [-0.1, -0.05) is 85.5 Å². The van der Waals surface area contributed by atoms with Gasteiger partial charge in [0.05, 0.1) is 5.92 Å². The van der Waals surface area contributed by atoms with Gasteiger partial charge in [0.25, 0.3) is 0 Å². The van der Waals surface area contributed by atoms with Crippen LogP contribution in [0.2, 0.25) is 0 Å². The first-order valence-electron chi connectivity index (χ1n) is 11.6. The topological polar surface area (TPSA) is 37.3 Å². The molecule has 2 nitrogen and oxygen atoms in total. The minimum Gasteiger partial charge on any atom is -0.481 e. The van der Waals surface area contributed by atoms with Gasteiger partial charge in [-0.15, -0.1) is 6.58 Å². The molecule has 3 rings (SSSR count). The first-order valence-corrected chi connectivity index (χ1v) is 12.4. The van der Waals surface area contributed by atoms with Gasteiger partial charge in [0.15, 0.2) is 0 Å². The first kappa shape index (κ1) is 22.6. The van der Waals surface area contributed by atoms with Crippen LogP contribution in [0.3, 0.4) is 0 Å². The molecule has 2 aliphatic carbocycles. The third-order valence-corrected chi connectivity index (χ3v) is 8.17. The Kier molecular flexibility index (Phi) is 8.84. The van der Waals surface area contributed by atoms with Crippen LogP contribution in [0.1, 0.15) is 76.2 Å². The molecule has 1 unspecified atom stereocenters. The molecule has 0 aliphatic heterocycles. The Hall–Kier alpha value is -1.09. The van der Waals surface area contributed by atoms with Crippen LogP contribution in [0.5, 0.6) is 0 Å². The Labute approximate surface area is 185 Å². The molecule has 0 radical (unpaired) electrons. The zero-order valence-electron chi connectivity index (χ0n) is 17.7. The van der Waals surface area contributed by atoms with Crippen LogP contribution in [0.15, 0.2) is 41.4 Å². The predicted molar refractivity (Wildman–Crippen MR) is 124 cm³/mol. The van der Waals surface area contributed by atoms with E-state index in [9.17, 15) is 9.90 Å². The van der Waals surface area contributed by atoms with E-state index in [4.69, 9.17) is 0 Å². The standard InChI is InChI=1S/C26H37BrO2/c1-2-25(26(28)29)23-15-11-21(12-16-23)9-7-19-3-5-20(6-4-19)8-10-22-13-17-24(27)18-14-22/h2,13-14,17-21,23,25H,1,3-12,15-16H2,(H,28,29)/t19-,20-,21?,23?,25?. The second-order valence-electron chi connectivity index (χ2n) is 9.51. The summed E-state index contributed by atoms with van der Waals surface area (Å²) in [5.41, 5.74) is 1.47. The highest BCUT2D eigenvalue weighted by molar-refractivity contribution is 9.10. The molecule has 0 amide bonds. The number of aryl methyl sites for hydroxylation is 1.